The molecule has 2 aromatic heterocycles. The van der Waals surface area contributed by atoms with Gasteiger partial charge in [0, 0.05) is 52.5 Å². The van der Waals surface area contributed by atoms with Crippen LogP contribution in [-0.4, -0.2) is 20.9 Å². The molecular formula is C58H57BN2O2S2. The molecule has 0 saturated carbocycles. The lowest BCUT2D eigenvalue weighted by molar-refractivity contribution is 0.332. The average Bonchev–Trinajstić information content (AvgIpc) is 3.87. The van der Waals surface area contributed by atoms with E-state index in [1.807, 2.05) is 22.7 Å². The van der Waals surface area contributed by atoms with Gasteiger partial charge in [-0.05, 0) is 171 Å². The van der Waals surface area contributed by atoms with E-state index in [0.29, 0.717) is 0 Å². The number of hydrogen-bond donors (Lipinski definition) is 0. The Morgan fingerprint density at radius 2 is 0.846 bits per heavy atom. The van der Waals surface area contributed by atoms with Gasteiger partial charge >= 0.3 is 0 Å². The van der Waals surface area contributed by atoms with E-state index in [2.05, 4.69) is 180 Å². The summed E-state index contributed by atoms with van der Waals surface area (Å²) >= 11 is 4.05. The summed E-state index contributed by atoms with van der Waals surface area (Å²) in [4.78, 5) is 5.22. The fraction of sp³-hybridized carbons (Fsp3) is 0.310. The molecule has 0 bridgehead atoms. The Morgan fingerprint density at radius 3 is 1.23 bits per heavy atom. The first-order valence-corrected chi connectivity index (χ1v) is 25.1. The number of methoxy groups -OCH3 is 2. The van der Waals surface area contributed by atoms with Crippen molar-refractivity contribution in [2.75, 3.05) is 24.0 Å². The van der Waals surface area contributed by atoms with Crippen LogP contribution in [0.1, 0.15) is 103 Å². The van der Waals surface area contributed by atoms with Crippen molar-refractivity contribution in [1.29, 1.82) is 0 Å². The number of rotatable bonds is 5. The fourth-order valence-corrected chi connectivity index (χ4v) is 14.6. The molecule has 0 N–H and O–H groups in total. The van der Waals surface area contributed by atoms with Gasteiger partial charge in [-0.3, -0.25) is 0 Å². The standard InChI is InChI=1S/C58H57BN2O2S2/c1-55(2)24-26-57(5,6)44-32-48-40(30-42(44)55)51-53(64-48)59-50-46(60(51)36-16-20-38(62-9)21-17-36)28-35(34-14-12-11-13-15-34)29-47(50)61(37-18-22-39(63-10)23-19-37)52-41-31-43-45(33-49(41)65-54(52)59)58(7,8)27-25-56(43,3)4/h11-23,28-33H,24-27H2,1-10H3. The molecule has 2 aliphatic carbocycles. The zero-order valence-electron chi connectivity index (χ0n) is 39.4. The van der Waals surface area contributed by atoms with Crippen LogP contribution < -0.4 is 34.3 Å². The summed E-state index contributed by atoms with van der Waals surface area (Å²) in [6.45, 7) is 19.7. The molecule has 65 heavy (non-hydrogen) atoms. The number of anilines is 6. The van der Waals surface area contributed by atoms with Crippen LogP contribution in [0.5, 0.6) is 11.5 Å². The second-order valence-electron chi connectivity index (χ2n) is 21.7. The number of benzene rings is 6. The average molecular weight is 889 g/mol. The van der Waals surface area contributed by atoms with E-state index in [1.54, 1.807) is 14.2 Å². The van der Waals surface area contributed by atoms with Gasteiger partial charge in [-0.15, -0.1) is 22.7 Å². The molecule has 0 fully saturated rings. The van der Waals surface area contributed by atoms with Gasteiger partial charge in [0.25, 0.3) is 6.71 Å². The predicted octanol–water partition coefficient (Wildman–Crippen LogP) is 14.6. The highest BCUT2D eigenvalue weighted by atomic mass is 32.1. The number of nitrogens with zero attached hydrogens (tertiary/aromatic N) is 2. The molecular weight excluding hydrogens is 832 g/mol. The van der Waals surface area contributed by atoms with E-state index in [0.717, 1.165) is 22.9 Å². The van der Waals surface area contributed by atoms with Crippen LogP contribution in [0.15, 0.2) is 115 Å². The van der Waals surface area contributed by atoms with E-state index in [1.165, 1.54) is 117 Å². The summed E-state index contributed by atoms with van der Waals surface area (Å²) in [7, 11) is 3.51. The van der Waals surface area contributed by atoms with Gasteiger partial charge in [0.2, 0.25) is 0 Å². The van der Waals surface area contributed by atoms with Crippen LogP contribution in [0, 0.1) is 0 Å². The summed E-state index contributed by atoms with van der Waals surface area (Å²) in [6, 6.07) is 43.8. The minimum absolute atomic E-state index is 0.0321. The molecule has 0 saturated heterocycles. The molecule has 4 aliphatic rings. The first kappa shape index (κ1) is 41.0. The zero-order chi connectivity index (χ0) is 44.9. The molecule has 7 heteroatoms. The largest absolute Gasteiger partial charge is 0.497 e. The first-order valence-electron chi connectivity index (χ1n) is 23.4. The molecule has 0 spiro atoms. The number of fused-ring (bicyclic) bond motifs is 10. The van der Waals surface area contributed by atoms with Crippen LogP contribution in [0.4, 0.5) is 34.1 Å². The predicted molar refractivity (Wildman–Crippen MR) is 280 cm³/mol. The quantitative estimate of drug-likeness (QED) is 0.161. The van der Waals surface area contributed by atoms with E-state index in [-0.39, 0.29) is 28.4 Å². The van der Waals surface area contributed by atoms with Gasteiger partial charge in [0.1, 0.15) is 11.5 Å². The Labute approximate surface area is 392 Å². The Morgan fingerprint density at radius 1 is 0.462 bits per heavy atom. The summed E-state index contributed by atoms with van der Waals surface area (Å²) in [6.07, 6.45) is 4.72. The van der Waals surface area contributed by atoms with Crippen molar-refractivity contribution in [3.05, 3.63) is 138 Å². The molecule has 0 atom stereocenters. The van der Waals surface area contributed by atoms with Gasteiger partial charge in [0.15, 0.2) is 0 Å². The highest BCUT2D eigenvalue weighted by molar-refractivity contribution is 7.40. The van der Waals surface area contributed by atoms with Crippen LogP contribution in [0.25, 0.3) is 31.3 Å². The van der Waals surface area contributed by atoms with Crippen LogP contribution in [-0.2, 0) is 21.7 Å². The lowest BCUT2D eigenvalue weighted by atomic mass is 9.39. The van der Waals surface area contributed by atoms with E-state index < -0.39 is 0 Å². The minimum Gasteiger partial charge on any atom is -0.497 e. The van der Waals surface area contributed by atoms with Crippen LogP contribution in [0.2, 0.25) is 0 Å². The normalized spacial score (nSPS) is 18.2. The maximum atomic E-state index is 5.77. The maximum absolute atomic E-state index is 5.77. The molecule has 326 valence electrons. The van der Waals surface area contributed by atoms with Crippen molar-refractivity contribution < 1.29 is 9.47 Å². The van der Waals surface area contributed by atoms with Crippen molar-refractivity contribution in [3.8, 4) is 22.6 Å². The minimum atomic E-state index is 0.0321. The van der Waals surface area contributed by atoms with E-state index >= 15 is 0 Å². The summed E-state index contributed by atoms with van der Waals surface area (Å²) in [5, 5.41) is 2.70. The molecule has 0 radical (unpaired) electrons. The van der Waals surface area contributed by atoms with Crippen LogP contribution in [0.3, 0.4) is 0 Å². The molecule has 0 unspecified atom stereocenters. The third kappa shape index (κ3) is 6.00. The number of hydrogen-bond acceptors (Lipinski definition) is 6. The van der Waals surface area contributed by atoms with Gasteiger partial charge in [0.05, 0.1) is 25.6 Å². The number of thiophene rings is 2. The van der Waals surface area contributed by atoms with Gasteiger partial charge in [-0.25, -0.2) is 0 Å². The summed E-state index contributed by atoms with van der Waals surface area (Å²) < 4.78 is 17.1. The molecule has 12 rings (SSSR count). The topological polar surface area (TPSA) is 24.9 Å². The van der Waals surface area contributed by atoms with Gasteiger partial charge < -0.3 is 19.3 Å². The summed E-state index contributed by atoms with van der Waals surface area (Å²) in [5.41, 5.74) is 17.4. The second-order valence-corrected chi connectivity index (χ2v) is 23.9. The Balaban J connectivity index is 1.25. The van der Waals surface area contributed by atoms with Gasteiger partial charge in [-0.2, -0.15) is 0 Å². The lowest BCUT2D eigenvalue weighted by Gasteiger charge is -2.43. The fourth-order valence-electron chi connectivity index (χ4n) is 11.9. The van der Waals surface area contributed by atoms with Crippen molar-refractivity contribution in [2.45, 2.75) is 103 Å². The van der Waals surface area contributed by atoms with Crippen molar-refractivity contribution in [1.82, 2.24) is 0 Å². The highest BCUT2D eigenvalue weighted by Crippen LogP contribution is 2.56. The molecule has 4 heterocycles. The second kappa shape index (κ2) is 14.0. The molecule has 4 nitrogen and oxygen atoms in total. The highest BCUT2D eigenvalue weighted by Gasteiger charge is 2.49. The third-order valence-electron chi connectivity index (χ3n) is 16.0. The molecule has 8 aromatic rings. The SMILES string of the molecule is COc1ccc(N2c3cc(-c4ccccc4)cc4c3B(c3sc5cc6c(cc5c32)C(C)(C)CCC6(C)C)c2sc3cc5c(cc3c2N4c2ccc(OC)cc2)C(C)(C)CCC5(C)C)cc1. The smallest absolute Gasteiger partial charge is 0.277 e. The molecule has 2 aliphatic heterocycles. The summed E-state index contributed by atoms with van der Waals surface area (Å²) in [5.74, 6) is 1.71. The first-order chi connectivity index (χ1) is 31.1. The monoisotopic (exact) mass is 888 g/mol. The van der Waals surface area contributed by atoms with Crippen molar-refractivity contribution in [2.24, 2.45) is 0 Å². The molecule has 0 amide bonds. The Kier molecular flexibility index (Phi) is 8.83. The van der Waals surface area contributed by atoms with E-state index in [9.17, 15) is 0 Å². The number of ether oxygens (including phenoxy) is 2. The lowest BCUT2D eigenvalue weighted by Crippen LogP contribution is -2.59. The van der Waals surface area contributed by atoms with E-state index in [4.69, 9.17) is 9.47 Å². The van der Waals surface area contributed by atoms with Crippen molar-refractivity contribution >= 4 is 98.7 Å². The molecule has 6 aromatic carbocycles. The Bertz CT molecular complexity index is 3050. The van der Waals surface area contributed by atoms with Crippen LogP contribution >= 0.6 is 22.7 Å². The van der Waals surface area contributed by atoms with Gasteiger partial charge in [-0.1, -0.05) is 85.7 Å². The van der Waals surface area contributed by atoms with Crippen molar-refractivity contribution in [3.63, 3.8) is 0 Å². The Hall–Kier alpha value is -5.50. The third-order valence-corrected chi connectivity index (χ3v) is 18.4. The maximum Gasteiger partial charge on any atom is 0.277 e. The zero-order valence-corrected chi connectivity index (χ0v) is 41.0.